The number of thioether (sulfide) groups is 1. The molecular formula is C13H19FN2O2S2. The summed E-state index contributed by atoms with van der Waals surface area (Å²) in [7, 11) is -3.61. The highest BCUT2D eigenvalue weighted by atomic mass is 32.2. The highest BCUT2D eigenvalue weighted by molar-refractivity contribution is 8.00. The second-order valence-corrected chi connectivity index (χ2v) is 8.16. The van der Waals surface area contributed by atoms with Crippen LogP contribution in [0.4, 0.5) is 4.39 Å². The quantitative estimate of drug-likeness (QED) is 0.917. The zero-order valence-corrected chi connectivity index (χ0v) is 13.0. The molecule has 1 fully saturated rings. The number of halogens is 1. The maximum absolute atomic E-state index is 13.2. The summed E-state index contributed by atoms with van der Waals surface area (Å²) in [6.07, 6.45) is 3.45. The Balaban J connectivity index is 2.17. The molecule has 0 amide bonds. The molecule has 1 aromatic carbocycles. The van der Waals surface area contributed by atoms with Gasteiger partial charge in [-0.05, 0) is 37.3 Å². The van der Waals surface area contributed by atoms with Crippen LogP contribution in [0, 0.1) is 5.82 Å². The molecule has 2 N–H and O–H groups in total. The van der Waals surface area contributed by atoms with Crippen molar-refractivity contribution in [2.45, 2.75) is 22.5 Å². The smallest absolute Gasteiger partial charge is 0.243 e. The number of sulfonamides is 1. The van der Waals surface area contributed by atoms with Gasteiger partial charge >= 0.3 is 0 Å². The largest absolute Gasteiger partial charge is 0.329 e. The molecule has 0 bridgehead atoms. The summed E-state index contributed by atoms with van der Waals surface area (Å²) >= 11 is 1.70. The van der Waals surface area contributed by atoms with Gasteiger partial charge in [0, 0.05) is 24.4 Å². The Bertz CT molecular complexity index is 563. The SMILES string of the molecule is CSC1(CN)CCN(S(=O)(=O)c2cccc(F)c2)CC1. The molecule has 4 nitrogen and oxygen atoms in total. The molecule has 1 saturated heterocycles. The zero-order chi connectivity index (χ0) is 14.8. The number of rotatable bonds is 4. The van der Waals surface area contributed by atoms with Crippen molar-refractivity contribution in [3.8, 4) is 0 Å². The highest BCUT2D eigenvalue weighted by Crippen LogP contribution is 2.35. The first kappa shape index (κ1) is 15.8. The van der Waals surface area contributed by atoms with Crippen LogP contribution >= 0.6 is 11.8 Å². The Hall–Kier alpha value is -0.630. The van der Waals surface area contributed by atoms with E-state index in [-0.39, 0.29) is 9.64 Å². The summed E-state index contributed by atoms with van der Waals surface area (Å²) in [6, 6.07) is 5.15. The van der Waals surface area contributed by atoms with Crippen LogP contribution in [0.5, 0.6) is 0 Å². The predicted molar refractivity (Wildman–Crippen MR) is 79.7 cm³/mol. The van der Waals surface area contributed by atoms with E-state index < -0.39 is 15.8 Å². The van der Waals surface area contributed by atoms with Crippen molar-refractivity contribution in [2.75, 3.05) is 25.9 Å². The van der Waals surface area contributed by atoms with E-state index in [0.717, 1.165) is 18.9 Å². The molecule has 112 valence electrons. The average Bonchev–Trinajstić information content (AvgIpc) is 2.47. The number of nitrogens with two attached hydrogens (primary N) is 1. The highest BCUT2D eigenvalue weighted by Gasteiger charge is 2.37. The van der Waals surface area contributed by atoms with Crippen molar-refractivity contribution in [1.29, 1.82) is 0 Å². The van der Waals surface area contributed by atoms with Gasteiger partial charge in [0.15, 0.2) is 0 Å². The lowest BCUT2D eigenvalue weighted by Crippen LogP contribution is -2.48. The lowest BCUT2D eigenvalue weighted by atomic mass is 9.97. The van der Waals surface area contributed by atoms with E-state index in [4.69, 9.17) is 5.73 Å². The van der Waals surface area contributed by atoms with Crippen LogP contribution in [0.1, 0.15) is 12.8 Å². The minimum absolute atomic E-state index is 0.0156. The molecule has 1 aliphatic rings. The van der Waals surface area contributed by atoms with Gasteiger partial charge in [0.2, 0.25) is 10.0 Å². The minimum atomic E-state index is -3.61. The number of nitrogens with zero attached hydrogens (tertiary/aromatic N) is 1. The molecule has 0 saturated carbocycles. The fraction of sp³-hybridized carbons (Fsp3) is 0.538. The standard InChI is InChI=1S/C13H19FN2O2S2/c1-19-13(10-15)5-7-16(8-6-13)20(17,18)12-4-2-3-11(14)9-12/h2-4,9H,5-8,10,15H2,1H3. The van der Waals surface area contributed by atoms with E-state index in [2.05, 4.69) is 0 Å². The van der Waals surface area contributed by atoms with Gasteiger partial charge < -0.3 is 5.73 Å². The first-order valence-electron chi connectivity index (χ1n) is 6.44. The summed E-state index contributed by atoms with van der Waals surface area (Å²) in [5, 5.41) is 0. The summed E-state index contributed by atoms with van der Waals surface area (Å²) < 4.78 is 39.5. The Morgan fingerprint density at radius 3 is 2.55 bits per heavy atom. The molecule has 1 heterocycles. The van der Waals surface area contributed by atoms with Gasteiger partial charge in [-0.2, -0.15) is 16.1 Å². The van der Waals surface area contributed by atoms with Gasteiger partial charge in [-0.3, -0.25) is 0 Å². The molecule has 0 aromatic heterocycles. The summed E-state index contributed by atoms with van der Waals surface area (Å²) in [4.78, 5) is 0.0156. The van der Waals surface area contributed by atoms with E-state index in [1.165, 1.54) is 22.5 Å². The molecule has 0 spiro atoms. The van der Waals surface area contributed by atoms with Gasteiger partial charge in [0.25, 0.3) is 0 Å². The lowest BCUT2D eigenvalue weighted by Gasteiger charge is -2.39. The van der Waals surface area contributed by atoms with Crippen molar-refractivity contribution >= 4 is 21.8 Å². The lowest BCUT2D eigenvalue weighted by molar-refractivity contribution is 0.301. The van der Waals surface area contributed by atoms with Crippen molar-refractivity contribution in [3.63, 3.8) is 0 Å². The third kappa shape index (κ3) is 3.00. The maximum Gasteiger partial charge on any atom is 0.243 e. The molecule has 1 aliphatic heterocycles. The molecule has 2 rings (SSSR count). The Kier molecular flexibility index (Phi) is 4.73. The second-order valence-electron chi connectivity index (χ2n) is 4.95. The van der Waals surface area contributed by atoms with Gasteiger partial charge in [-0.15, -0.1) is 0 Å². The number of piperidine rings is 1. The molecule has 7 heteroatoms. The number of hydrogen-bond donors (Lipinski definition) is 1. The van der Waals surface area contributed by atoms with E-state index in [1.54, 1.807) is 11.8 Å². The van der Waals surface area contributed by atoms with Crippen LogP contribution in [0.25, 0.3) is 0 Å². The number of benzene rings is 1. The Labute approximate surface area is 123 Å². The van der Waals surface area contributed by atoms with E-state index in [0.29, 0.717) is 19.6 Å². The zero-order valence-electron chi connectivity index (χ0n) is 11.4. The Morgan fingerprint density at radius 2 is 2.05 bits per heavy atom. The minimum Gasteiger partial charge on any atom is -0.329 e. The van der Waals surface area contributed by atoms with E-state index in [1.807, 2.05) is 6.26 Å². The van der Waals surface area contributed by atoms with E-state index >= 15 is 0 Å². The fourth-order valence-electron chi connectivity index (χ4n) is 2.40. The molecule has 0 aliphatic carbocycles. The van der Waals surface area contributed by atoms with E-state index in [9.17, 15) is 12.8 Å². The monoisotopic (exact) mass is 318 g/mol. The molecule has 1 aromatic rings. The van der Waals surface area contributed by atoms with Crippen LogP contribution in [0.15, 0.2) is 29.2 Å². The van der Waals surface area contributed by atoms with Crippen LogP contribution in [-0.4, -0.2) is 43.4 Å². The molecular weight excluding hydrogens is 299 g/mol. The van der Waals surface area contributed by atoms with Crippen molar-refractivity contribution in [2.24, 2.45) is 5.73 Å². The van der Waals surface area contributed by atoms with Crippen molar-refractivity contribution in [3.05, 3.63) is 30.1 Å². The maximum atomic E-state index is 13.2. The van der Waals surface area contributed by atoms with Crippen molar-refractivity contribution < 1.29 is 12.8 Å². The van der Waals surface area contributed by atoms with Gasteiger partial charge in [-0.1, -0.05) is 6.07 Å². The second kappa shape index (κ2) is 6.01. The van der Waals surface area contributed by atoms with Crippen LogP contribution in [0.2, 0.25) is 0 Å². The van der Waals surface area contributed by atoms with Crippen molar-refractivity contribution in [1.82, 2.24) is 4.31 Å². The molecule has 0 atom stereocenters. The normalized spacial score (nSPS) is 19.9. The summed E-state index contributed by atoms with van der Waals surface area (Å²) in [5.74, 6) is -0.538. The topological polar surface area (TPSA) is 63.4 Å². The third-order valence-corrected chi connectivity index (χ3v) is 7.21. The Morgan fingerprint density at radius 1 is 1.40 bits per heavy atom. The average molecular weight is 318 g/mol. The summed E-state index contributed by atoms with van der Waals surface area (Å²) in [6.45, 7) is 1.40. The fourth-order valence-corrected chi connectivity index (χ4v) is 4.63. The van der Waals surface area contributed by atoms with Crippen LogP contribution in [0.3, 0.4) is 0 Å². The van der Waals surface area contributed by atoms with Gasteiger partial charge in [-0.25, -0.2) is 12.8 Å². The molecule has 20 heavy (non-hydrogen) atoms. The molecule has 0 unspecified atom stereocenters. The van der Waals surface area contributed by atoms with Gasteiger partial charge in [0.05, 0.1) is 4.90 Å². The first-order valence-corrected chi connectivity index (χ1v) is 9.11. The first-order chi connectivity index (χ1) is 9.43. The summed E-state index contributed by atoms with van der Waals surface area (Å²) in [5.41, 5.74) is 5.80. The number of hydrogen-bond acceptors (Lipinski definition) is 4. The molecule has 0 radical (unpaired) electrons. The van der Waals surface area contributed by atoms with Crippen LogP contribution < -0.4 is 5.73 Å². The van der Waals surface area contributed by atoms with Crippen LogP contribution in [-0.2, 0) is 10.0 Å². The predicted octanol–water partition coefficient (Wildman–Crippen LogP) is 1.67. The third-order valence-electron chi connectivity index (χ3n) is 3.87. The van der Waals surface area contributed by atoms with Gasteiger partial charge in [0.1, 0.15) is 5.82 Å².